The molecule has 1 aromatic carbocycles. The summed E-state index contributed by atoms with van der Waals surface area (Å²) in [5.41, 5.74) is 7.35. The lowest BCUT2D eigenvalue weighted by Gasteiger charge is -2.07. The van der Waals surface area contributed by atoms with E-state index in [2.05, 4.69) is 5.32 Å². The van der Waals surface area contributed by atoms with E-state index >= 15 is 0 Å². The zero-order valence-electron chi connectivity index (χ0n) is 7.87. The smallest absolute Gasteiger partial charge is 0.240 e. The quantitative estimate of drug-likeness (QED) is 0.716. The van der Waals surface area contributed by atoms with Gasteiger partial charge in [-0.25, -0.2) is 0 Å². The van der Waals surface area contributed by atoms with E-state index < -0.39 is 6.04 Å². The summed E-state index contributed by atoms with van der Waals surface area (Å²) < 4.78 is 0. The molecule has 0 saturated carbocycles. The third kappa shape index (κ3) is 2.87. The molecule has 0 saturated heterocycles. The van der Waals surface area contributed by atoms with Gasteiger partial charge in [0.05, 0.1) is 6.04 Å². The fourth-order valence-corrected chi connectivity index (χ4v) is 0.893. The molecular formula is C10H14N2O. The zero-order chi connectivity index (χ0) is 9.84. The second kappa shape index (κ2) is 4.05. The van der Waals surface area contributed by atoms with Gasteiger partial charge in [-0.15, -0.1) is 0 Å². The third-order valence-electron chi connectivity index (χ3n) is 1.73. The first kappa shape index (κ1) is 9.74. The Balaban J connectivity index is 2.65. The predicted octanol–water partition coefficient (Wildman–Crippen LogP) is 1.28. The molecular weight excluding hydrogens is 164 g/mol. The van der Waals surface area contributed by atoms with Crippen molar-refractivity contribution >= 4 is 11.6 Å². The molecule has 0 aromatic heterocycles. The maximum atomic E-state index is 11.2. The van der Waals surface area contributed by atoms with Gasteiger partial charge in [0.25, 0.3) is 0 Å². The van der Waals surface area contributed by atoms with Crippen LogP contribution in [0.2, 0.25) is 0 Å². The Morgan fingerprint density at radius 3 is 2.38 bits per heavy atom. The van der Waals surface area contributed by atoms with Gasteiger partial charge >= 0.3 is 0 Å². The topological polar surface area (TPSA) is 55.1 Å². The molecule has 1 aromatic rings. The molecule has 0 radical (unpaired) electrons. The normalized spacial score (nSPS) is 12.2. The van der Waals surface area contributed by atoms with E-state index in [1.807, 2.05) is 31.2 Å². The van der Waals surface area contributed by atoms with Crippen LogP contribution in [0.4, 0.5) is 5.69 Å². The zero-order valence-corrected chi connectivity index (χ0v) is 7.87. The average Bonchev–Trinajstić information content (AvgIpc) is 2.08. The van der Waals surface area contributed by atoms with Gasteiger partial charge in [0, 0.05) is 5.69 Å². The van der Waals surface area contributed by atoms with Gasteiger partial charge < -0.3 is 11.1 Å². The molecule has 0 fully saturated rings. The number of hydrogen-bond donors (Lipinski definition) is 2. The standard InChI is InChI=1S/C10H14N2O/c1-7-3-5-9(6-4-7)12-10(13)8(2)11/h3-6,8H,11H2,1-2H3,(H,12,13)/t8-/m1/s1. The Bertz CT molecular complexity index is 290. The number of hydrogen-bond acceptors (Lipinski definition) is 2. The second-order valence-corrected chi connectivity index (χ2v) is 3.14. The predicted molar refractivity (Wildman–Crippen MR) is 53.5 cm³/mol. The van der Waals surface area contributed by atoms with E-state index in [1.54, 1.807) is 6.92 Å². The summed E-state index contributed by atoms with van der Waals surface area (Å²) in [5, 5.41) is 2.70. The number of nitrogens with one attached hydrogen (secondary N) is 1. The van der Waals surface area contributed by atoms with E-state index in [0.717, 1.165) is 5.69 Å². The van der Waals surface area contributed by atoms with Crippen LogP contribution in [-0.2, 0) is 4.79 Å². The van der Waals surface area contributed by atoms with Crippen molar-refractivity contribution in [1.29, 1.82) is 0 Å². The van der Waals surface area contributed by atoms with Crippen molar-refractivity contribution in [2.75, 3.05) is 5.32 Å². The van der Waals surface area contributed by atoms with Gasteiger partial charge in [-0.05, 0) is 26.0 Å². The first-order valence-corrected chi connectivity index (χ1v) is 4.22. The van der Waals surface area contributed by atoms with Gasteiger partial charge in [0.15, 0.2) is 0 Å². The average molecular weight is 178 g/mol. The summed E-state index contributed by atoms with van der Waals surface area (Å²) in [7, 11) is 0. The Morgan fingerprint density at radius 2 is 1.92 bits per heavy atom. The Kier molecular flexibility index (Phi) is 3.03. The van der Waals surface area contributed by atoms with Gasteiger partial charge in [-0.3, -0.25) is 4.79 Å². The highest BCUT2D eigenvalue weighted by molar-refractivity contribution is 5.94. The van der Waals surface area contributed by atoms with E-state index in [4.69, 9.17) is 5.73 Å². The summed E-state index contributed by atoms with van der Waals surface area (Å²) in [4.78, 5) is 11.2. The van der Waals surface area contributed by atoms with Gasteiger partial charge in [0.2, 0.25) is 5.91 Å². The van der Waals surface area contributed by atoms with Crippen LogP contribution in [0.25, 0.3) is 0 Å². The van der Waals surface area contributed by atoms with E-state index in [9.17, 15) is 4.79 Å². The van der Waals surface area contributed by atoms with Crippen LogP contribution in [-0.4, -0.2) is 11.9 Å². The molecule has 0 heterocycles. The third-order valence-corrected chi connectivity index (χ3v) is 1.73. The minimum atomic E-state index is -0.471. The fourth-order valence-electron chi connectivity index (χ4n) is 0.893. The van der Waals surface area contributed by atoms with Crippen molar-refractivity contribution in [2.24, 2.45) is 5.73 Å². The molecule has 0 aliphatic carbocycles. The first-order chi connectivity index (χ1) is 6.09. The van der Waals surface area contributed by atoms with E-state index in [1.165, 1.54) is 5.56 Å². The Labute approximate surface area is 77.9 Å². The van der Waals surface area contributed by atoms with Crippen LogP contribution in [0.1, 0.15) is 12.5 Å². The first-order valence-electron chi connectivity index (χ1n) is 4.22. The van der Waals surface area contributed by atoms with Crippen LogP contribution >= 0.6 is 0 Å². The molecule has 0 spiro atoms. The van der Waals surface area contributed by atoms with Crippen molar-refractivity contribution in [2.45, 2.75) is 19.9 Å². The van der Waals surface area contributed by atoms with Gasteiger partial charge in [-0.1, -0.05) is 17.7 Å². The summed E-state index contributed by atoms with van der Waals surface area (Å²) >= 11 is 0. The van der Waals surface area contributed by atoms with Crippen LogP contribution in [0, 0.1) is 6.92 Å². The molecule has 13 heavy (non-hydrogen) atoms. The molecule has 3 nitrogen and oxygen atoms in total. The monoisotopic (exact) mass is 178 g/mol. The highest BCUT2D eigenvalue weighted by atomic mass is 16.2. The number of amides is 1. The molecule has 1 rings (SSSR count). The molecule has 1 amide bonds. The Morgan fingerprint density at radius 1 is 1.38 bits per heavy atom. The molecule has 0 aliphatic rings. The lowest BCUT2D eigenvalue weighted by atomic mass is 10.2. The molecule has 0 aliphatic heterocycles. The number of benzene rings is 1. The van der Waals surface area contributed by atoms with Crippen LogP contribution in [0.3, 0.4) is 0 Å². The summed E-state index contributed by atoms with van der Waals surface area (Å²) in [6.07, 6.45) is 0. The minimum Gasteiger partial charge on any atom is -0.325 e. The minimum absolute atomic E-state index is 0.163. The maximum Gasteiger partial charge on any atom is 0.240 e. The summed E-state index contributed by atoms with van der Waals surface area (Å²) in [6.45, 7) is 3.65. The maximum absolute atomic E-state index is 11.2. The van der Waals surface area contributed by atoms with E-state index in [-0.39, 0.29) is 5.91 Å². The van der Waals surface area contributed by atoms with Gasteiger partial charge in [0.1, 0.15) is 0 Å². The van der Waals surface area contributed by atoms with Crippen molar-refractivity contribution in [3.8, 4) is 0 Å². The number of carbonyl (C=O) groups is 1. The molecule has 0 unspecified atom stereocenters. The summed E-state index contributed by atoms with van der Waals surface area (Å²) in [5.74, 6) is -0.163. The SMILES string of the molecule is Cc1ccc(NC(=O)[C@@H](C)N)cc1. The second-order valence-electron chi connectivity index (χ2n) is 3.14. The Hall–Kier alpha value is -1.35. The van der Waals surface area contributed by atoms with Crippen LogP contribution < -0.4 is 11.1 Å². The molecule has 3 heteroatoms. The lowest BCUT2D eigenvalue weighted by molar-refractivity contribution is -0.117. The molecule has 3 N–H and O–H groups in total. The van der Waals surface area contributed by atoms with Gasteiger partial charge in [-0.2, -0.15) is 0 Å². The number of aryl methyl sites for hydroxylation is 1. The van der Waals surface area contributed by atoms with Crippen molar-refractivity contribution in [3.63, 3.8) is 0 Å². The number of anilines is 1. The molecule has 0 bridgehead atoms. The largest absolute Gasteiger partial charge is 0.325 e. The number of nitrogens with two attached hydrogens (primary N) is 1. The van der Waals surface area contributed by atoms with E-state index in [0.29, 0.717) is 0 Å². The van der Waals surface area contributed by atoms with Crippen LogP contribution in [0.15, 0.2) is 24.3 Å². The molecule has 1 atom stereocenters. The van der Waals surface area contributed by atoms with Crippen molar-refractivity contribution in [3.05, 3.63) is 29.8 Å². The van der Waals surface area contributed by atoms with Crippen molar-refractivity contribution < 1.29 is 4.79 Å². The highest BCUT2D eigenvalue weighted by Gasteiger charge is 2.06. The van der Waals surface area contributed by atoms with Crippen LogP contribution in [0.5, 0.6) is 0 Å². The number of rotatable bonds is 2. The number of carbonyl (C=O) groups excluding carboxylic acids is 1. The highest BCUT2D eigenvalue weighted by Crippen LogP contribution is 2.08. The van der Waals surface area contributed by atoms with Crippen molar-refractivity contribution in [1.82, 2.24) is 0 Å². The fraction of sp³-hybridized carbons (Fsp3) is 0.300. The molecule has 70 valence electrons. The lowest BCUT2D eigenvalue weighted by Crippen LogP contribution is -2.32. The summed E-state index contributed by atoms with van der Waals surface area (Å²) in [6, 6.07) is 7.13.